The smallest absolute Gasteiger partial charge is 0.175 e. The second kappa shape index (κ2) is 6.23. The van der Waals surface area contributed by atoms with Gasteiger partial charge in [0.2, 0.25) is 0 Å². The number of hydrogen-bond donors (Lipinski definition) is 0. The lowest BCUT2D eigenvalue weighted by molar-refractivity contribution is 0.602. The molecule has 1 aromatic heterocycles. The van der Waals surface area contributed by atoms with Gasteiger partial charge in [0, 0.05) is 16.0 Å². The summed E-state index contributed by atoms with van der Waals surface area (Å²) in [6.45, 7) is 0. The number of sulfone groups is 1. The van der Waals surface area contributed by atoms with Crippen molar-refractivity contribution in [2.24, 2.45) is 0 Å². The molecule has 1 heterocycles. The van der Waals surface area contributed by atoms with Gasteiger partial charge >= 0.3 is 0 Å². The zero-order valence-corrected chi connectivity index (χ0v) is 15.2. The molecular formula is C15H13NO2S4. The van der Waals surface area contributed by atoms with E-state index in [9.17, 15) is 8.42 Å². The number of thioether (sulfide) groups is 1. The van der Waals surface area contributed by atoms with E-state index in [-0.39, 0.29) is 0 Å². The Morgan fingerprint density at radius 3 is 2.50 bits per heavy atom. The van der Waals surface area contributed by atoms with E-state index in [0.717, 1.165) is 19.5 Å². The van der Waals surface area contributed by atoms with Crippen LogP contribution in [0.4, 0.5) is 0 Å². The van der Waals surface area contributed by atoms with Crippen LogP contribution in [0.3, 0.4) is 0 Å². The molecule has 114 valence electrons. The Labute approximate surface area is 142 Å². The number of nitrogens with zero attached hydrogens (tertiary/aromatic N) is 1. The number of rotatable bonds is 4. The molecule has 0 atom stereocenters. The molecule has 0 saturated heterocycles. The van der Waals surface area contributed by atoms with Crippen LogP contribution >= 0.6 is 34.9 Å². The average molecular weight is 368 g/mol. The third-order valence-electron chi connectivity index (χ3n) is 3.03. The van der Waals surface area contributed by atoms with Gasteiger partial charge in [-0.3, -0.25) is 0 Å². The summed E-state index contributed by atoms with van der Waals surface area (Å²) in [6, 6.07) is 13.3. The molecule has 0 aliphatic rings. The number of fused-ring (bicyclic) bond motifs is 1. The van der Waals surface area contributed by atoms with Crippen molar-refractivity contribution >= 4 is 54.9 Å². The summed E-state index contributed by atoms with van der Waals surface area (Å²) in [6.07, 6.45) is 3.27. The normalized spacial score (nSPS) is 11.9. The van der Waals surface area contributed by atoms with Crippen molar-refractivity contribution in [3.63, 3.8) is 0 Å². The fraction of sp³-hybridized carbons (Fsp3) is 0.133. The number of benzene rings is 2. The third-order valence-corrected chi connectivity index (χ3v) is 7.22. The van der Waals surface area contributed by atoms with E-state index in [4.69, 9.17) is 0 Å². The van der Waals surface area contributed by atoms with Crippen molar-refractivity contribution in [1.82, 2.24) is 4.98 Å². The lowest BCUT2D eigenvalue weighted by atomic mass is 10.3. The van der Waals surface area contributed by atoms with Gasteiger partial charge in [-0.2, -0.15) is 0 Å². The molecule has 7 heteroatoms. The minimum atomic E-state index is -3.19. The molecule has 0 aliphatic heterocycles. The maximum absolute atomic E-state index is 11.6. The zero-order chi connectivity index (χ0) is 15.7. The van der Waals surface area contributed by atoms with Crippen LogP contribution in [0.25, 0.3) is 10.2 Å². The Morgan fingerprint density at radius 1 is 1.09 bits per heavy atom. The van der Waals surface area contributed by atoms with Crippen LogP contribution in [0.5, 0.6) is 0 Å². The molecule has 0 amide bonds. The zero-order valence-electron chi connectivity index (χ0n) is 11.9. The molecule has 2 aromatic carbocycles. The van der Waals surface area contributed by atoms with E-state index in [2.05, 4.69) is 23.4 Å². The van der Waals surface area contributed by atoms with E-state index in [1.807, 2.05) is 12.1 Å². The van der Waals surface area contributed by atoms with Gasteiger partial charge < -0.3 is 0 Å². The fourth-order valence-corrected chi connectivity index (χ4v) is 5.62. The largest absolute Gasteiger partial charge is 0.229 e. The molecule has 0 bridgehead atoms. The van der Waals surface area contributed by atoms with E-state index in [0.29, 0.717) is 4.90 Å². The summed E-state index contributed by atoms with van der Waals surface area (Å²) in [5.74, 6) is 0. The highest BCUT2D eigenvalue weighted by Crippen LogP contribution is 2.38. The summed E-state index contributed by atoms with van der Waals surface area (Å²) in [4.78, 5) is 7.30. The summed E-state index contributed by atoms with van der Waals surface area (Å²) in [5, 5.41) is 0. The highest BCUT2D eigenvalue weighted by Gasteiger charge is 2.12. The highest BCUT2D eigenvalue weighted by molar-refractivity contribution is 8.03. The maximum atomic E-state index is 11.6. The Balaban J connectivity index is 1.99. The molecule has 3 nitrogen and oxygen atoms in total. The first kappa shape index (κ1) is 15.9. The maximum Gasteiger partial charge on any atom is 0.175 e. The highest BCUT2D eigenvalue weighted by atomic mass is 32.2. The molecule has 0 aliphatic carbocycles. The van der Waals surface area contributed by atoms with E-state index in [1.165, 1.54) is 22.5 Å². The van der Waals surface area contributed by atoms with Gasteiger partial charge in [-0.15, -0.1) is 23.1 Å². The van der Waals surface area contributed by atoms with Crippen LogP contribution < -0.4 is 0 Å². The van der Waals surface area contributed by atoms with E-state index < -0.39 is 9.84 Å². The Bertz CT molecular complexity index is 932. The van der Waals surface area contributed by atoms with Gasteiger partial charge in [0.1, 0.15) is 0 Å². The van der Waals surface area contributed by atoms with E-state index in [1.54, 1.807) is 41.7 Å². The lowest BCUT2D eigenvalue weighted by Crippen LogP contribution is -1.95. The Hall–Kier alpha value is -1.02. The predicted molar refractivity (Wildman–Crippen MR) is 95.1 cm³/mol. The number of thiazole rings is 1. The van der Waals surface area contributed by atoms with Gasteiger partial charge in [0.25, 0.3) is 0 Å². The van der Waals surface area contributed by atoms with Crippen molar-refractivity contribution in [2.45, 2.75) is 19.0 Å². The fourth-order valence-electron chi connectivity index (χ4n) is 1.96. The molecule has 0 spiro atoms. The predicted octanol–water partition coefficient (Wildman–Crippen LogP) is 4.57. The molecular weight excluding hydrogens is 354 g/mol. The van der Waals surface area contributed by atoms with Crippen LogP contribution in [0.15, 0.2) is 61.5 Å². The SMILES string of the molecule is CSc1ccccc1Sc1nc2ccc(S(C)(=O)=O)cc2s1. The quantitative estimate of drug-likeness (QED) is 0.632. The van der Waals surface area contributed by atoms with Crippen molar-refractivity contribution in [3.05, 3.63) is 42.5 Å². The average Bonchev–Trinajstić information content (AvgIpc) is 2.88. The monoisotopic (exact) mass is 367 g/mol. The molecule has 22 heavy (non-hydrogen) atoms. The minimum absolute atomic E-state index is 0.338. The first-order chi connectivity index (χ1) is 10.5. The van der Waals surface area contributed by atoms with Gasteiger partial charge in [-0.05, 0) is 36.6 Å². The topological polar surface area (TPSA) is 47.0 Å². The molecule has 0 unspecified atom stereocenters. The molecule has 3 aromatic rings. The molecule has 0 saturated carbocycles. The van der Waals surface area contributed by atoms with Gasteiger partial charge in [0.15, 0.2) is 14.2 Å². The van der Waals surface area contributed by atoms with E-state index >= 15 is 0 Å². The standard InChI is InChI=1S/C15H13NO2S4/c1-19-12-5-3-4-6-13(12)20-15-16-11-8-7-10(22(2,17)18)9-14(11)21-15/h3-9H,1-2H3. The Morgan fingerprint density at radius 2 is 1.82 bits per heavy atom. The minimum Gasteiger partial charge on any atom is -0.229 e. The first-order valence-electron chi connectivity index (χ1n) is 6.39. The van der Waals surface area contributed by atoms with Gasteiger partial charge in [-0.25, -0.2) is 13.4 Å². The second-order valence-electron chi connectivity index (χ2n) is 4.63. The summed E-state index contributed by atoms with van der Waals surface area (Å²) in [5.41, 5.74) is 0.835. The van der Waals surface area contributed by atoms with Crippen LogP contribution in [-0.4, -0.2) is 25.9 Å². The van der Waals surface area contributed by atoms with Crippen molar-refractivity contribution < 1.29 is 8.42 Å². The molecule has 3 rings (SSSR count). The summed E-state index contributed by atoms with van der Waals surface area (Å²) >= 11 is 4.84. The second-order valence-corrected chi connectivity index (χ2v) is 9.82. The Kier molecular flexibility index (Phi) is 4.49. The number of aromatic nitrogens is 1. The van der Waals surface area contributed by atoms with Crippen LogP contribution in [0, 0.1) is 0 Å². The third kappa shape index (κ3) is 3.32. The molecule has 0 radical (unpaired) electrons. The van der Waals surface area contributed by atoms with Crippen LogP contribution in [-0.2, 0) is 9.84 Å². The molecule has 0 fully saturated rings. The first-order valence-corrected chi connectivity index (χ1v) is 11.1. The van der Waals surface area contributed by atoms with Crippen molar-refractivity contribution in [1.29, 1.82) is 0 Å². The van der Waals surface area contributed by atoms with Crippen molar-refractivity contribution in [2.75, 3.05) is 12.5 Å². The van der Waals surface area contributed by atoms with Gasteiger partial charge in [0.05, 0.1) is 15.1 Å². The van der Waals surface area contributed by atoms with Crippen LogP contribution in [0.1, 0.15) is 0 Å². The summed E-state index contributed by atoms with van der Waals surface area (Å²) in [7, 11) is -3.19. The van der Waals surface area contributed by atoms with Crippen LogP contribution in [0.2, 0.25) is 0 Å². The number of hydrogen-bond acceptors (Lipinski definition) is 6. The lowest BCUT2D eigenvalue weighted by Gasteiger charge is -2.03. The molecule has 0 N–H and O–H groups in total. The van der Waals surface area contributed by atoms with Gasteiger partial charge in [-0.1, -0.05) is 23.9 Å². The van der Waals surface area contributed by atoms with Crippen molar-refractivity contribution in [3.8, 4) is 0 Å². The summed E-state index contributed by atoms with van der Waals surface area (Å²) < 4.78 is 25.1.